The van der Waals surface area contributed by atoms with Crippen molar-refractivity contribution < 1.29 is 9.53 Å². The molecule has 132 valence electrons. The maximum Gasteiger partial charge on any atom is 0.224 e. The summed E-state index contributed by atoms with van der Waals surface area (Å²) in [7, 11) is 0. The van der Waals surface area contributed by atoms with Gasteiger partial charge in [-0.15, -0.1) is 0 Å². The second-order valence-electron chi connectivity index (χ2n) is 6.72. The van der Waals surface area contributed by atoms with Crippen LogP contribution in [0.5, 0.6) is 0 Å². The van der Waals surface area contributed by atoms with Crippen LogP contribution in [0.25, 0.3) is 0 Å². The summed E-state index contributed by atoms with van der Waals surface area (Å²) in [4.78, 5) is 14.5. The number of anilines is 2. The van der Waals surface area contributed by atoms with Crippen LogP contribution in [0.2, 0.25) is 0 Å². The van der Waals surface area contributed by atoms with Gasteiger partial charge in [0.1, 0.15) is 0 Å². The van der Waals surface area contributed by atoms with Crippen LogP contribution < -0.4 is 10.2 Å². The zero-order valence-electron chi connectivity index (χ0n) is 14.9. The van der Waals surface area contributed by atoms with E-state index in [1.807, 2.05) is 42.5 Å². The molecule has 0 spiro atoms. The van der Waals surface area contributed by atoms with Gasteiger partial charge in [-0.05, 0) is 50.1 Å². The van der Waals surface area contributed by atoms with Gasteiger partial charge in [-0.3, -0.25) is 4.79 Å². The number of carbonyl (C=O) groups is 1. The number of benzene rings is 2. The van der Waals surface area contributed by atoms with E-state index in [0.29, 0.717) is 18.5 Å². The monoisotopic (exact) mass is 338 g/mol. The van der Waals surface area contributed by atoms with Crippen LogP contribution >= 0.6 is 0 Å². The number of nitrogens with one attached hydrogen (secondary N) is 1. The van der Waals surface area contributed by atoms with E-state index in [4.69, 9.17) is 4.74 Å². The normalized spacial score (nSPS) is 20.3. The van der Waals surface area contributed by atoms with Crippen molar-refractivity contribution in [3.63, 3.8) is 0 Å². The van der Waals surface area contributed by atoms with Crippen LogP contribution in [0.3, 0.4) is 0 Å². The zero-order chi connectivity index (χ0) is 17.6. The van der Waals surface area contributed by atoms with Crippen molar-refractivity contribution in [2.24, 2.45) is 0 Å². The lowest BCUT2D eigenvalue weighted by atomic mass is 10.1. The predicted octanol–water partition coefficient (Wildman–Crippen LogP) is 3.87. The molecular formula is C21H26N2O2. The van der Waals surface area contributed by atoms with Crippen LogP contribution in [0, 0.1) is 0 Å². The minimum atomic E-state index is 0.0460. The summed E-state index contributed by atoms with van der Waals surface area (Å²) in [6.45, 7) is 5.86. The molecule has 4 heteroatoms. The van der Waals surface area contributed by atoms with E-state index >= 15 is 0 Å². The molecule has 2 unspecified atom stereocenters. The third-order valence-corrected chi connectivity index (χ3v) is 4.60. The Labute approximate surface area is 149 Å². The zero-order valence-corrected chi connectivity index (χ0v) is 14.9. The Morgan fingerprint density at radius 2 is 1.68 bits per heavy atom. The number of nitrogens with zero attached hydrogens (tertiary/aromatic N) is 1. The van der Waals surface area contributed by atoms with Crippen molar-refractivity contribution in [2.45, 2.75) is 38.8 Å². The van der Waals surface area contributed by atoms with E-state index in [9.17, 15) is 4.79 Å². The van der Waals surface area contributed by atoms with Gasteiger partial charge in [0.25, 0.3) is 0 Å². The smallest absolute Gasteiger partial charge is 0.224 e. The molecule has 0 aliphatic carbocycles. The molecule has 0 aromatic heterocycles. The first-order chi connectivity index (χ1) is 12.1. The summed E-state index contributed by atoms with van der Waals surface area (Å²) in [5.41, 5.74) is 3.20. The minimum Gasteiger partial charge on any atom is -0.377 e. The molecule has 1 N–H and O–H groups in total. The lowest BCUT2D eigenvalue weighted by Crippen LogP contribution is -2.49. The molecular weight excluding hydrogens is 312 g/mol. The number of morpholine rings is 1. The van der Waals surface area contributed by atoms with Crippen molar-refractivity contribution >= 4 is 17.3 Å². The van der Waals surface area contributed by atoms with Crippen molar-refractivity contribution in [2.75, 3.05) is 23.4 Å². The van der Waals surface area contributed by atoms with Crippen LogP contribution in [0.15, 0.2) is 54.6 Å². The minimum absolute atomic E-state index is 0.0460. The highest BCUT2D eigenvalue weighted by Gasteiger charge is 2.25. The molecule has 1 amide bonds. The highest BCUT2D eigenvalue weighted by Crippen LogP contribution is 2.25. The van der Waals surface area contributed by atoms with E-state index in [-0.39, 0.29) is 5.91 Å². The van der Waals surface area contributed by atoms with Crippen LogP contribution in [0.4, 0.5) is 11.4 Å². The Bertz CT molecular complexity index is 675. The summed E-state index contributed by atoms with van der Waals surface area (Å²) < 4.78 is 5.59. The molecule has 1 aliphatic rings. The van der Waals surface area contributed by atoms with Gasteiger partial charge in [-0.25, -0.2) is 0 Å². The first-order valence-corrected chi connectivity index (χ1v) is 8.93. The number of hydrogen-bond donors (Lipinski definition) is 1. The van der Waals surface area contributed by atoms with E-state index in [1.54, 1.807) is 0 Å². The number of hydrogen-bond acceptors (Lipinski definition) is 3. The number of carbonyl (C=O) groups excluding carboxylic acids is 1. The summed E-state index contributed by atoms with van der Waals surface area (Å²) in [5, 5.41) is 2.98. The Kier molecular flexibility index (Phi) is 5.71. The lowest BCUT2D eigenvalue weighted by Gasteiger charge is -2.40. The highest BCUT2D eigenvalue weighted by atomic mass is 16.5. The molecule has 25 heavy (non-hydrogen) atoms. The largest absolute Gasteiger partial charge is 0.377 e. The first kappa shape index (κ1) is 17.5. The van der Waals surface area contributed by atoms with Gasteiger partial charge in [0.15, 0.2) is 0 Å². The molecule has 1 heterocycles. The highest BCUT2D eigenvalue weighted by molar-refractivity contribution is 5.91. The molecule has 1 fully saturated rings. The molecule has 2 atom stereocenters. The number of rotatable bonds is 5. The summed E-state index contributed by atoms with van der Waals surface area (Å²) in [6, 6.07) is 18.9. The van der Waals surface area contributed by atoms with Gasteiger partial charge in [-0.1, -0.05) is 30.3 Å². The van der Waals surface area contributed by atoms with Crippen LogP contribution in [-0.4, -0.2) is 31.2 Å². The molecule has 3 rings (SSSR count). The van der Waals surface area contributed by atoms with E-state index in [0.717, 1.165) is 25.3 Å². The molecule has 4 nitrogen and oxygen atoms in total. The standard InChI is InChI=1S/C21H26N2O2/c1-16-14-25-15-17(2)23(16)20-11-9-19(10-12-20)22-21(24)13-8-18-6-4-3-5-7-18/h3-7,9-12,16-17H,8,13-15H2,1-2H3,(H,22,24). The fourth-order valence-electron chi connectivity index (χ4n) is 3.36. The molecule has 2 aromatic carbocycles. The van der Waals surface area contributed by atoms with Gasteiger partial charge in [0.05, 0.1) is 13.2 Å². The second kappa shape index (κ2) is 8.17. The molecule has 0 bridgehead atoms. The number of aryl methyl sites for hydroxylation is 1. The Hall–Kier alpha value is -2.33. The van der Waals surface area contributed by atoms with Crippen molar-refractivity contribution in [1.29, 1.82) is 0 Å². The second-order valence-corrected chi connectivity index (χ2v) is 6.72. The molecule has 0 saturated carbocycles. The van der Waals surface area contributed by atoms with Crippen LogP contribution in [0.1, 0.15) is 25.8 Å². The average Bonchev–Trinajstić information content (AvgIpc) is 2.62. The SMILES string of the molecule is CC1COCC(C)N1c1ccc(NC(=O)CCc2ccccc2)cc1. The Morgan fingerprint density at radius 1 is 1.04 bits per heavy atom. The Morgan fingerprint density at radius 3 is 2.32 bits per heavy atom. The lowest BCUT2D eigenvalue weighted by molar-refractivity contribution is -0.116. The fourth-order valence-corrected chi connectivity index (χ4v) is 3.36. The topological polar surface area (TPSA) is 41.6 Å². The third-order valence-electron chi connectivity index (χ3n) is 4.60. The van der Waals surface area contributed by atoms with Gasteiger partial charge in [-0.2, -0.15) is 0 Å². The maximum absolute atomic E-state index is 12.1. The first-order valence-electron chi connectivity index (χ1n) is 8.93. The fraction of sp³-hybridized carbons (Fsp3) is 0.381. The molecule has 2 aromatic rings. The van der Waals surface area contributed by atoms with Gasteiger partial charge in [0.2, 0.25) is 5.91 Å². The van der Waals surface area contributed by atoms with E-state index in [2.05, 4.69) is 36.2 Å². The van der Waals surface area contributed by atoms with Gasteiger partial charge in [0, 0.05) is 29.9 Å². The predicted molar refractivity (Wildman–Crippen MR) is 102 cm³/mol. The van der Waals surface area contributed by atoms with Gasteiger partial charge >= 0.3 is 0 Å². The Balaban J connectivity index is 1.56. The molecule has 0 radical (unpaired) electrons. The quantitative estimate of drug-likeness (QED) is 0.900. The molecule has 1 aliphatic heterocycles. The van der Waals surface area contributed by atoms with E-state index in [1.165, 1.54) is 11.3 Å². The average molecular weight is 338 g/mol. The number of ether oxygens (including phenoxy) is 1. The van der Waals surface area contributed by atoms with Crippen molar-refractivity contribution in [1.82, 2.24) is 0 Å². The number of amides is 1. The maximum atomic E-state index is 12.1. The van der Waals surface area contributed by atoms with Crippen molar-refractivity contribution in [3.8, 4) is 0 Å². The van der Waals surface area contributed by atoms with Gasteiger partial charge < -0.3 is 15.0 Å². The summed E-state index contributed by atoms with van der Waals surface area (Å²) in [6.07, 6.45) is 1.25. The third kappa shape index (κ3) is 4.60. The van der Waals surface area contributed by atoms with Crippen molar-refractivity contribution in [3.05, 3.63) is 60.2 Å². The summed E-state index contributed by atoms with van der Waals surface area (Å²) in [5.74, 6) is 0.0460. The molecule has 1 saturated heterocycles. The van der Waals surface area contributed by atoms with Crippen LogP contribution in [-0.2, 0) is 16.0 Å². The van der Waals surface area contributed by atoms with E-state index < -0.39 is 0 Å². The summed E-state index contributed by atoms with van der Waals surface area (Å²) >= 11 is 0.